The van der Waals surface area contributed by atoms with Crippen LogP contribution in [0.4, 0.5) is 0 Å². The van der Waals surface area contributed by atoms with Gasteiger partial charge in [0.15, 0.2) is 0 Å². The molecule has 1 aromatic carbocycles. The first-order chi connectivity index (χ1) is 8.32. The summed E-state index contributed by atoms with van der Waals surface area (Å²) in [4.78, 5) is 10.8. The molecular formula is C15H19ClO2. The van der Waals surface area contributed by atoms with Crippen LogP contribution in [0.15, 0.2) is 36.4 Å². The van der Waals surface area contributed by atoms with Gasteiger partial charge < -0.3 is 4.74 Å². The molecule has 18 heavy (non-hydrogen) atoms. The van der Waals surface area contributed by atoms with Gasteiger partial charge in [-0.3, -0.25) is 0 Å². The number of benzene rings is 1. The van der Waals surface area contributed by atoms with E-state index >= 15 is 0 Å². The highest BCUT2D eigenvalue weighted by Crippen LogP contribution is 2.30. The zero-order valence-corrected chi connectivity index (χ0v) is 11.9. The third kappa shape index (κ3) is 4.19. The number of rotatable bonds is 5. The fourth-order valence-corrected chi connectivity index (χ4v) is 1.88. The Hall–Kier alpha value is -1.28. The van der Waals surface area contributed by atoms with Gasteiger partial charge in [0.1, 0.15) is 0 Å². The smallest absolute Gasteiger partial charge is 0.333 e. The maximum Gasteiger partial charge on any atom is 0.333 e. The summed E-state index contributed by atoms with van der Waals surface area (Å²) in [5.74, 6) is -0.349. The summed E-state index contributed by atoms with van der Waals surface area (Å²) >= 11 is 6.33. The van der Waals surface area contributed by atoms with E-state index in [1.54, 1.807) is 6.92 Å². The molecule has 0 atom stereocenters. The van der Waals surface area contributed by atoms with Crippen molar-refractivity contribution in [2.75, 3.05) is 6.61 Å². The standard InChI is InChI=1S/C15H19ClO2/c1-11(2)14(17)18-10-9-12-7-5-6-8-13(12)15(3,4)16/h5-8H,1,9-10H2,2-4H3. The summed E-state index contributed by atoms with van der Waals surface area (Å²) in [6.07, 6.45) is 0.658. The summed E-state index contributed by atoms with van der Waals surface area (Å²) in [5, 5.41) is 0. The fourth-order valence-electron chi connectivity index (χ4n) is 1.70. The zero-order chi connectivity index (χ0) is 13.8. The van der Waals surface area contributed by atoms with Crippen molar-refractivity contribution in [2.24, 2.45) is 0 Å². The Bertz CT molecular complexity index is 444. The van der Waals surface area contributed by atoms with E-state index in [9.17, 15) is 4.79 Å². The molecule has 0 radical (unpaired) electrons. The molecule has 1 aromatic rings. The van der Waals surface area contributed by atoms with Crippen LogP contribution in [-0.4, -0.2) is 12.6 Å². The average Bonchev–Trinajstić information content (AvgIpc) is 2.28. The van der Waals surface area contributed by atoms with Gasteiger partial charge in [0.05, 0.1) is 11.5 Å². The van der Waals surface area contributed by atoms with Crippen molar-refractivity contribution >= 4 is 17.6 Å². The predicted octanol–water partition coefficient (Wildman–Crippen LogP) is 3.82. The lowest BCUT2D eigenvalue weighted by Gasteiger charge is -2.20. The Morgan fingerprint density at radius 1 is 1.39 bits per heavy atom. The molecule has 0 bridgehead atoms. The largest absolute Gasteiger partial charge is 0.462 e. The molecule has 0 N–H and O–H groups in total. The van der Waals surface area contributed by atoms with Gasteiger partial charge in [0.25, 0.3) is 0 Å². The van der Waals surface area contributed by atoms with E-state index in [2.05, 4.69) is 6.58 Å². The van der Waals surface area contributed by atoms with Gasteiger partial charge in [-0.15, -0.1) is 11.6 Å². The maximum atomic E-state index is 11.3. The molecule has 0 saturated carbocycles. The number of carbonyl (C=O) groups is 1. The van der Waals surface area contributed by atoms with Crippen molar-refractivity contribution in [3.63, 3.8) is 0 Å². The van der Waals surface area contributed by atoms with Crippen LogP contribution in [0.2, 0.25) is 0 Å². The molecule has 0 heterocycles. The van der Waals surface area contributed by atoms with Gasteiger partial charge in [-0.1, -0.05) is 30.8 Å². The Morgan fingerprint density at radius 3 is 2.56 bits per heavy atom. The highest BCUT2D eigenvalue weighted by molar-refractivity contribution is 6.23. The minimum absolute atomic E-state index is 0.343. The number of carbonyl (C=O) groups excluding carboxylic acids is 1. The first-order valence-electron chi connectivity index (χ1n) is 5.92. The summed E-state index contributed by atoms with van der Waals surface area (Å²) in [7, 11) is 0. The van der Waals surface area contributed by atoms with E-state index in [4.69, 9.17) is 16.3 Å². The van der Waals surface area contributed by atoms with Crippen LogP contribution < -0.4 is 0 Å². The molecular weight excluding hydrogens is 248 g/mol. The van der Waals surface area contributed by atoms with E-state index in [0.29, 0.717) is 18.6 Å². The Balaban J connectivity index is 2.68. The Labute approximate surface area is 114 Å². The van der Waals surface area contributed by atoms with E-state index in [1.165, 1.54) is 0 Å². The summed E-state index contributed by atoms with van der Waals surface area (Å²) < 4.78 is 5.09. The highest BCUT2D eigenvalue weighted by Gasteiger charge is 2.19. The second-order valence-corrected chi connectivity index (χ2v) is 5.74. The monoisotopic (exact) mass is 266 g/mol. The topological polar surface area (TPSA) is 26.3 Å². The van der Waals surface area contributed by atoms with Crippen LogP contribution in [-0.2, 0) is 20.8 Å². The molecule has 0 aliphatic rings. The SMILES string of the molecule is C=C(C)C(=O)OCCc1ccccc1C(C)(C)Cl. The number of alkyl halides is 1. The molecule has 1 rings (SSSR count). The number of esters is 1. The molecule has 0 aliphatic carbocycles. The molecule has 0 saturated heterocycles. The molecule has 0 aromatic heterocycles. The van der Waals surface area contributed by atoms with Crippen LogP contribution in [0.3, 0.4) is 0 Å². The number of ether oxygens (including phenoxy) is 1. The summed E-state index contributed by atoms with van der Waals surface area (Å²) in [6.45, 7) is 9.43. The van der Waals surface area contributed by atoms with Crippen molar-refractivity contribution in [3.05, 3.63) is 47.5 Å². The summed E-state index contributed by atoms with van der Waals surface area (Å²) in [5.41, 5.74) is 2.59. The average molecular weight is 267 g/mol. The van der Waals surface area contributed by atoms with Crippen LogP contribution in [0.1, 0.15) is 31.9 Å². The van der Waals surface area contributed by atoms with Crippen LogP contribution in [0, 0.1) is 0 Å². The van der Waals surface area contributed by atoms with Gasteiger partial charge in [-0.2, -0.15) is 0 Å². The molecule has 0 fully saturated rings. The first kappa shape index (κ1) is 14.8. The van der Waals surface area contributed by atoms with Crippen molar-refractivity contribution in [1.82, 2.24) is 0 Å². The third-order valence-electron chi connectivity index (χ3n) is 2.61. The second-order valence-electron chi connectivity index (χ2n) is 4.80. The molecule has 2 nitrogen and oxygen atoms in total. The minimum atomic E-state index is -0.422. The zero-order valence-electron chi connectivity index (χ0n) is 11.1. The lowest BCUT2D eigenvalue weighted by atomic mass is 9.95. The van der Waals surface area contributed by atoms with Crippen LogP contribution in [0.25, 0.3) is 0 Å². The lowest BCUT2D eigenvalue weighted by Crippen LogP contribution is -2.14. The summed E-state index contributed by atoms with van der Waals surface area (Å²) in [6, 6.07) is 7.93. The van der Waals surface area contributed by atoms with E-state index in [0.717, 1.165) is 11.1 Å². The Kier molecular flexibility index (Phi) is 4.97. The van der Waals surface area contributed by atoms with Crippen LogP contribution >= 0.6 is 11.6 Å². The molecule has 3 heteroatoms. The Morgan fingerprint density at radius 2 is 2.00 bits per heavy atom. The van der Waals surface area contributed by atoms with Crippen molar-refractivity contribution < 1.29 is 9.53 Å². The molecule has 0 aliphatic heterocycles. The van der Waals surface area contributed by atoms with Crippen LogP contribution in [0.5, 0.6) is 0 Å². The minimum Gasteiger partial charge on any atom is -0.462 e. The van der Waals surface area contributed by atoms with E-state index < -0.39 is 4.87 Å². The van der Waals surface area contributed by atoms with Gasteiger partial charge in [0, 0.05) is 12.0 Å². The quantitative estimate of drug-likeness (QED) is 0.460. The van der Waals surface area contributed by atoms with Gasteiger partial charge in [-0.05, 0) is 31.9 Å². The lowest BCUT2D eigenvalue weighted by molar-refractivity contribution is -0.138. The van der Waals surface area contributed by atoms with Gasteiger partial charge >= 0.3 is 5.97 Å². The van der Waals surface area contributed by atoms with Gasteiger partial charge in [0.2, 0.25) is 0 Å². The van der Waals surface area contributed by atoms with Crippen molar-refractivity contribution in [2.45, 2.75) is 32.1 Å². The molecule has 98 valence electrons. The maximum absolute atomic E-state index is 11.3. The molecule has 0 amide bonds. The van der Waals surface area contributed by atoms with Gasteiger partial charge in [-0.25, -0.2) is 4.79 Å². The fraction of sp³-hybridized carbons (Fsp3) is 0.400. The number of hydrogen-bond acceptors (Lipinski definition) is 2. The van der Waals surface area contributed by atoms with Crippen molar-refractivity contribution in [1.29, 1.82) is 0 Å². The van der Waals surface area contributed by atoms with Crippen molar-refractivity contribution in [3.8, 4) is 0 Å². The first-order valence-corrected chi connectivity index (χ1v) is 6.30. The third-order valence-corrected chi connectivity index (χ3v) is 2.81. The van der Waals surface area contributed by atoms with E-state index in [1.807, 2.05) is 38.1 Å². The molecule has 0 unspecified atom stereocenters. The number of hydrogen-bond donors (Lipinski definition) is 0. The highest BCUT2D eigenvalue weighted by atomic mass is 35.5. The predicted molar refractivity (Wildman–Crippen MR) is 74.8 cm³/mol. The number of halogens is 1. The second kappa shape index (κ2) is 6.05. The molecule has 0 spiro atoms. The normalized spacial score (nSPS) is 11.1. The van der Waals surface area contributed by atoms with E-state index in [-0.39, 0.29) is 5.97 Å².